The number of nitrogens with one attached hydrogen (secondary N) is 2. The molecule has 0 atom stereocenters. The molecule has 1 amide bonds. The van der Waals surface area contributed by atoms with E-state index in [0.29, 0.717) is 41.2 Å². The van der Waals surface area contributed by atoms with E-state index < -0.39 is 0 Å². The van der Waals surface area contributed by atoms with Crippen LogP contribution < -0.4 is 24.8 Å². The second-order valence-electron chi connectivity index (χ2n) is 7.79. The van der Waals surface area contributed by atoms with E-state index in [4.69, 9.17) is 14.2 Å². The van der Waals surface area contributed by atoms with Crippen LogP contribution in [0.3, 0.4) is 0 Å². The number of hydrogen-bond acceptors (Lipinski definition) is 6. The molecule has 0 fully saturated rings. The van der Waals surface area contributed by atoms with Crippen molar-refractivity contribution in [1.82, 2.24) is 10.3 Å². The van der Waals surface area contributed by atoms with Gasteiger partial charge in [-0.3, -0.25) is 15.1 Å². The molecule has 2 N–H and O–H groups in total. The zero-order valence-electron chi connectivity index (χ0n) is 20.1. The lowest BCUT2D eigenvalue weighted by Gasteiger charge is -2.16. The number of carbonyl (C=O) groups is 1. The molecule has 0 saturated heterocycles. The molecule has 3 aromatic rings. The number of aromatic nitrogens is 1. The van der Waals surface area contributed by atoms with Crippen molar-refractivity contribution in [3.8, 4) is 17.2 Å². The Morgan fingerprint density at radius 1 is 0.941 bits per heavy atom. The second-order valence-corrected chi connectivity index (χ2v) is 7.79. The summed E-state index contributed by atoms with van der Waals surface area (Å²) in [5.74, 6) is 1.55. The second kappa shape index (κ2) is 11.7. The average molecular weight is 463 g/mol. The largest absolute Gasteiger partial charge is 0.493 e. The van der Waals surface area contributed by atoms with E-state index in [1.165, 1.54) is 26.9 Å². The van der Waals surface area contributed by atoms with Gasteiger partial charge in [0.25, 0.3) is 5.91 Å². The standard InChI is InChI=1S/C26H30N4O4/c1-17(2)19-6-8-21(9-7-19)29-26(28-16-18-10-12-27-13-11-18)30-25(31)20-14-22(32-3)24(34-5)23(15-20)33-4/h6-15,17H,16H2,1-5H3,(H2,28,29,30,31). The maximum Gasteiger partial charge on any atom is 0.258 e. The third kappa shape index (κ3) is 6.25. The minimum Gasteiger partial charge on any atom is -0.493 e. The molecule has 0 spiro atoms. The van der Waals surface area contributed by atoms with Crippen molar-refractivity contribution in [2.75, 3.05) is 26.6 Å². The molecule has 0 aliphatic heterocycles. The fourth-order valence-corrected chi connectivity index (χ4v) is 3.25. The molecule has 0 unspecified atom stereocenters. The molecule has 0 saturated carbocycles. The van der Waals surface area contributed by atoms with Crippen LogP contribution in [-0.4, -0.2) is 38.2 Å². The Morgan fingerprint density at radius 3 is 2.09 bits per heavy atom. The number of hydrogen-bond donors (Lipinski definition) is 2. The average Bonchev–Trinajstić information content (AvgIpc) is 2.87. The molecule has 34 heavy (non-hydrogen) atoms. The Kier molecular flexibility index (Phi) is 8.45. The summed E-state index contributed by atoms with van der Waals surface area (Å²) in [5, 5.41) is 6.07. The topological polar surface area (TPSA) is 94.1 Å². The van der Waals surface area contributed by atoms with Gasteiger partial charge < -0.3 is 19.5 Å². The van der Waals surface area contributed by atoms with E-state index in [1.807, 2.05) is 24.3 Å². The van der Waals surface area contributed by atoms with Crippen molar-refractivity contribution in [2.45, 2.75) is 26.3 Å². The Bertz CT molecular complexity index is 1100. The van der Waals surface area contributed by atoms with E-state index >= 15 is 0 Å². The first-order chi connectivity index (χ1) is 16.4. The van der Waals surface area contributed by atoms with Crippen LogP contribution in [0.1, 0.15) is 41.3 Å². The highest BCUT2D eigenvalue weighted by Gasteiger charge is 2.18. The van der Waals surface area contributed by atoms with Crippen LogP contribution >= 0.6 is 0 Å². The van der Waals surface area contributed by atoms with Crippen molar-refractivity contribution in [1.29, 1.82) is 0 Å². The van der Waals surface area contributed by atoms with Gasteiger partial charge in [-0.1, -0.05) is 26.0 Å². The zero-order valence-corrected chi connectivity index (χ0v) is 20.1. The summed E-state index contributed by atoms with van der Waals surface area (Å²) in [4.78, 5) is 21.8. The van der Waals surface area contributed by atoms with E-state index in [2.05, 4.69) is 46.6 Å². The molecule has 0 aliphatic rings. The van der Waals surface area contributed by atoms with Crippen LogP contribution in [0.4, 0.5) is 5.69 Å². The number of carbonyl (C=O) groups excluding carboxylic acids is 1. The quantitative estimate of drug-likeness (QED) is 0.375. The predicted molar refractivity (Wildman–Crippen MR) is 133 cm³/mol. The fourth-order valence-electron chi connectivity index (χ4n) is 3.25. The first kappa shape index (κ1) is 24.6. The number of methoxy groups -OCH3 is 3. The van der Waals surface area contributed by atoms with Crippen molar-refractivity contribution in [3.63, 3.8) is 0 Å². The molecule has 3 rings (SSSR count). The summed E-state index contributed by atoms with van der Waals surface area (Å²) in [6, 6.07) is 15.0. The first-order valence-electron chi connectivity index (χ1n) is 10.9. The number of ether oxygens (including phenoxy) is 3. The Hall–Kier alpha value is -4.07. The van der Waals surface area contributed by atoms with Crippen molar-refractivity contribution < 1.29 is 19.0 Å². The number of nitrogens with zero attached hydrogens (tertiary/aromatic N) is 2. The van der Waals surface area contributed by atoms with Gasteiger partial charge in [0.05, 0.1) is 27.9 Å². The highest BCUT2D eigenvalue weighted by atomic mass is 16.5. The van der Waals surface area contributed by atoms with Gasteiger partial charge in [-0.15, -0.1) is 0 Å². The first-order valence-corrected chi connectivity index (χ1v) is 10.9. The van der Waals surface area contributed by atoms with Gasteiger partial charge >= 0.3 is 0 Å². The van der Waals surface area contributed by atoms with Crippen LogP contribution in [0.25, 0.3) is 0 Å². The van der Waals surface area contributed by atoms with Gasteiger partial charge in [-0.05, 0) is 53.4 Å². The lowest BCUT2D eigenvalue weighted by molar-refractivity contribution is 0.0976. The van der Waals surface area contributed by atoms with Crippen LogP contribution in [-0.2, 0) is 6.54 Å². The molecule has 8 nitrogen and oxygen atoms in total. The lowest BCUT2D eigenvalue weighted by atomic mass is 10.0. The SMILES string of the molecule is COc1cc(C(=O)NC(=NCc2ccncc2)Nc2ccc(C(C)C)cc2)cc(OC)c1OC. The lowest BCUT2D eigenvalue weighted by Crippen LogP contribution is -2.36. The Morgan fingerprint density at radius 2 is 1.56 bits per heavy atom. The third-order valence-electron chi connectivity index (χ3n) is 5.17. The van der Waals surface area contributed by atoms with Crippen LogP contribution in [0, 0.1) is 0 Å². The minimum atomic E-state index is -0.376. The van der Waals surface area contributed by atoms with Gasteiger partial charge in [0.15, 0.2) is 11.5 Å². The smallest absolute Gasteiger partial charge is 0.258 e. The molecule has 0 aliphatic carbocycles. The van der Waals surface area contributed by atoms with Crippen LogP contribution in [0.15, 0.2) is 65.9 Å². The summed E-state index contributed by atoms with van der Waals surface area (Å²) in [5.41, 5.74) is 3.33. The molecule has 2 aromatic carbocycles. The summed E-state index contributed by atoms with van der Waals surface area (Å²) in [6.45, 7) is 4.65. The number of benzene rings is 2. The van der Waals surface area contributed by atoms with Gasteiger partial charge in [-0.2, -0.15) is 0 Å². The van der Waals surface area contributed by atoms with Gasteiger partial charge in [0, 0.05) is 23.6 Å². The number of amides is 1. The predicted octanol–water partition coefficient (Wildman–Crippen LogP) is 4.63. The summed E-state index contributed by atoms with van der Waals surface area (Å²) < 4.78 is 16.1. The zero-order chi connectivity index (χ0) is 24.5. The number of pyridine rings is 1. The molecular formula is C26H30N4O4. The molecule has 0 radical (unpaired) electrons. The van der Waals surface area contributed by atoms with E-state index in [-0.39, 0.29) is 5.91 Å². The van der Waals surface area contributed by atoms with E-state index in [9.17, 15) is 4.79 Å². The highest BCUT2D eigenvalue weighted by molar-refractivity contribution is 6.10. The Labute approximate surface area is 200 Å². The highest BCUT2D eigenvalue weighted by Crippen LogP contribution is 2.38. The Balaban J connectivity index is 1.87. The summed E-state index contributed by atoms with van der Waals surface area (Å²) >= 11 is 0. The monoisotopic (exact) mass is 462 g/mol. The number of anilines is 1. The summed E-state index contributed by atoms with van der Waals surface area (Å²) in [6.07, 6.45) is 3.41. The normalized spacial score (nSPS) is 11.2. The van der Waals surface area contributed by atoms with Gasteiger partial charge in [-0.25, -0.2) is 4.99 Å². The molecular weight excluding hydrogens is 432 g/mol. The fraction of sp³-hybridized carbons (Fsp3) is 0.269. The minimum absolute atomic E-state index is 0.313. The number of guanidine groups is 1. The molecule has 8 heteroatoms. The molecule has 0 bridgehead atoms. The molecule has 1 heterocycles. The summed E-state index contributed by atoms with van der Waals surface area (Å²) in [7, 11) is 4.52. The van der Waals surface area contributed by atoms with Gasteiger partial charge in [0.2, 0.25) is 11.7 Å². The number of rotatable bonds is 8. The molecule has 178 valence electrons. The van der Waals surface area contributed by atoms with Crippen molar-refractivity contribution in [2.24, 2.45) is 4.99 Å². The van der Waals surface area contributed by atoms with E-state index in [1.54, 1.807) is 24.5 Å². The van der Waals surface area contributed by atoms with Crippen molar-refractivity contribution in [3.05, 3.63) is 77.6 Å². The maximum absolute atomic E-state index is 13.1. The maximum atomic E-state index is 13.1. The van der Waals surface area contributed by atoms with E-state index in [0.717, 1.165) is 11.3 Å². The molecule has 1 aromatic heterocycles. The van der Waals surface area contributed by atoms with Gasteiger partial charge in [0.1, 0.15) is 0 Å². The number of aliphatic imine (C=N–C) groups is 1. The van der Waals surface area contributed by atoms with Crippen LogP contribution in [0.5, 0.6) is 17.2 Å². The van der Waals surface area contributed by atoms with Crippen molar-refractivity contribution >= 4 is 17.6 Å². The van der Waals surface area contributed by atoms with Crippen LogP contribution in [0.2, 0.25) is 0 Å². The third-order valence-corrected chi connectivity index (χ3v) is 5.17.